The summed E-state index contributed by atoms with van der Waals surface area (Å²) in [4.78, 5) is 2.48. The van der Waals surface area contributed by atoms with Crippen LogP contribution < -0.4 is 4.90 Å². The van der Waals surface area contributed by atoms with Crippen LogP contribution in [0.15, 0.2) is 48.5 Å². The van der Waals surface area contributed by atoms with Crippen molar-refractivity contribution >= 4 is 11.4 Å². The van der Waals surface area contributed by atoms with Gasteiger partial charge in [0.2, 0.25) is 0 Å². The van der Waals surface area contributed by atoms with Crippen LogP contribution in [0.3, 0.4) is 0 Å². The molecule has 0 aromatic heterocycles. The first-order valence-corrected chi connectivity index (χ1v) is 7.33. The molecule has 0 radical (unpaired) electrons. The minimum absolute atomic E-state index is 0.0505. The first-order chi connectivity index (χ1) is 9.33. The summed E-state index contributed by atoms with van der Waals surface area (Å²) >= 11 is 0. The summed E-state index contributed by atoms with van der Waals surface area (Å²) in [5.41, 5.74) is 5.60. The van der Waals surface area contributed by atoms with Crippen LogP contribution in [0.5, 0.6) is 0 Å². The Morgan fingerprint density at radius 2 is 1.15 bits per heavy atom. The van der Waals surface area contributed by atoms with Crippen LogP contribution in [-0.2, 0) is 5.41 Å². The van der Waals surface area contributed by atoms with E-state index in [0.717, 1.165) is 0 Å². The number of rotatable bonds is 0. The highest BCUT2D eigenvalue weighted by Crippen LogP contribution is 2.50. The van der Waals surface area contributed by atoms with Gasteiger partial charge in [-0.1, -0.05) is 50.2 Å². The fraction of sp³-hybridized carbons (Fsp3) is 0.368. The molecule has 0 unspecified atom stereocenters. The number of para-hydroxylation sites is 2. The highest BCUT2D eigenvalue weighted by atomic mass is 15.2. The quantitative estimate of drug-likeness (QED) is 0.628. The van der Waals surface area contributed by atoms with E-state index in [0.29, 0.717) is 0 Å². The van der Waals surface area contributed by atoms with Crippen molar-refractivity contribution in [3.05, 3.63) is 59.7 Å². The normalized spacial score (nSPS) is 16.6. The molecule has 0 saturated carbocycles. The Balaban J connectivity index is 2.36. The Bertz CT molecular complexity index is 597. The number of nitrogens with zero attached hydrogens (tertiary/aromatic N) is 1. The van der Waals surface area contributed by atoms with E-state index >= 15 is 0 Å². The smallest absolute Gasteiger partial charge is 0.0457 e. The van der Waals surface area contributed by atoms with E-state index in [-0.39, 0.29) is 11.0 Å². The van der Waals surface area contributed by atoms with Crippen molar-refractivity contribution in [2.24, 2.45) is 0 Å². The summed E-state index contributed by atoms with van der Waals surface area (Å²) in [6, 6.07) is 17.6. The molecule has 2 aromatic rings. The SMILES string of the molecule is CC1(C)c2ccccc2N(C(C)(C)C)c2ccccc21. The molecule has 0 atom stereocenters. The van der Waals surface area contributed by atoms with Gasteiger partial charge in [0, 0.05) is 22.3 Å². The summed E-state index contributed by atoms with van der Waals surface area (Å²) in [5, 5.41) is 0. The fourth-order valence-corrected chi connectivity index (χ4v) is 3.39. The van der Waals surface area contributed by atoms with E-state index in [1.807, 2.05) is 0 Å². The molecule has 2 aromatic carbocycles. The third-order valence-corrected chi connectivity index (χ3v) is 4.31. The van der Waals surface area contributed by atoms with Crippen molar-refractivity contribution in [2.45, 2.75) is 45.6 Å². The van der Waals surface area contributed by atoms with Gasteiger partial charge in [-0.15, -0.1) is 0 Å². The van der Waals surface area contributed by atoms with Gasteiger partial charge in [0.25, 0.3) is 0 Å². The molecule has 1 nitrogen and oxygen atoms in total. The minimum atomic E-state index is 0.0505. The Hall–Kier alpha value is -1.76. The molecule has 0 fully saturated rings. The summed E-state index contributed by atoms with van der Waals surface area (Å²) < 4.78 is 0. The van der Waals surface area contributed by atoms with E-state index in [1.165, 1.54) is 22.5 Å². The highest BCUT2D eigenvalue weighted by molar-refractivity contribution is 5.78. The monoisotopic (exact) mass is 265 g/mol. The number of fused-ring (bicyclic) bond motifs is 2. The molecule has 1 heterocycles. The molecule has 0 spiro atoms. The van der Waals surface area contributed by atoms with Crippen LogP contribution >= 0.6 is 0 Å². The molecular weight excluding hydrogens is 242 g/mol. The van der Waals surface area contributed by atoms with Gasteiger partial charge in [-0.05, 0) is 44.0 Å². The van der Waals surface area contributed by atoms with Crippen molar-refractivity contribution in [1.82, 2.24) is 0 Å². The summed E-state index contributed by atoms with van der Waals surface area (Å²) in [5.74, 6) is 0. The Labute approximate surface area is 122 Å². The number of hydrogen-bond acceptors (Lipinski definition) is 1. The zero-order valence-electron chi connectivity index (χ0n) is 13.1. The first-order valence-electron chi connectivity index (χ1n) is 7.33. The largest absolute Gasteiger partial charge is 0.336 e. The zero-order valence-corrected chi connectivity index (χ0v) is 13.1. The lowest BCUT2D eigenvalue weighted by atomic mass is 9.73. The van der Waals surface area contributed by atoms with E-state index in [2.05, 4.69) is 88.0 Å². The summed E-state index contributed by atoms with van der Waals surface area (Å²) in [6.07, 6.45) is 0. The third-order valence-electron chi connectivity index (χ3n) is 4.31. The predicted octanol–water partition coefficient (Wildman–Crippen LogP) is 5.26. The van der Waals surface area contributed by atoms with Gasteiger partial charge in [0.15, 0.2) is 0 Å². The van der Waals surface area contributed by atoms with E-state index in [1.54, 1.807) is 0 Å². The Morgan fingerprint density at radius 3 is 1.55 bits per heavy atom. The molecule has 1 aliphatic heterocycles. The standard InChI is InChI=1S/C19H23N/c1-18(2,3)20-16-12-8-6-10-14(16)19(4,5)15-11-7-9-13-17(15)20/h6-13H,1-5H3. The van der Waals surface area contributed by atoms with Crippen LogP contribution in [0.1, 0.15) is 45.7 Å². The van der Waals surface area contributed by atoms with Gasteiger partial charge in [-0.2, -0.15) is 0 Å². The lowest BCUT2D eigenvalue weighted by molar-refractivity contribution is 0.530. The molecule has 3 rings (SSSR count). The average Bonchev–Trinajstić information content (AvgIpc) is 2.38. The van der Waals surface area contributed by atoms with Crippen molar-refractivity contribution < 1.29 is 0 Å². The maximum atomic E-state index is 2.48. The number of benzene rings is 2. The molecule has 0 amide bonds. The van der Waals surface area contributed by atoms with Gasteiger partial charge in [-0.3, -0.25) is 0 Å². The molecule has 1 aliphatic rings. The van der Waals surface area contributed by atoms with Gasteiger partial charge < -0.3 is 4.90 Å². The van der Waals surface area contributed by atoms with Gasteiger partial charge in [0.1, 0.15) is 0 Å². The molecule has 0 aliphatic carbocycles. The molecule has 104 valence electrons. The molecule has 1 heteroatoms. The van der Waals surface area contributed by atoms with Crippen molar-refractivity contribution in [1.29, 1.82) is 0 Å². The summed E-state index contributed by atoms with van der Waals surface area (Å²) in [6.45, 7) is 11.5. The zero-order chi connectivity index (χ0) is 14.5. The maximum absolute atomic E-state index is 2.48. The molecule has 0 N–H and O–H groups in total. The number of hydrogen-bond donors (Lipinski definition) is 0. The minimum Gasteiger partial charge on any atom is -0.336 e. The van der Waals surface area contributed by atoms with E-state index < -0.39 is 0 Å². The molecular formula is C19H23N. The van der Waals surface area contributed by atoms with Crippen molar-refractivity contribution in [3.8, 4) is 0 Å². The highest BCUT2D eigenvalue weighted by Gasteiger charge is 2.39. The van der Waals surface area contributed by atoms with Gasteiger partial charge >= 0.3 is 0 Å². The Kier molecular flexibility index (Phi) is 2.72. The lowest BCUT2D eigenvalue weighted by Gasteiger charge is -2.47. The van der Waals surface area contributed by atoms with Crippen molar-refractivity contribution in [3.63, 3.8) is 0 Å². The van der Waals surface area contributed by atoms with Crippen LogP contribution in [0.25, 0.3) is 0 Å². The van der Waals surface area contributed by atoms with Gasteiger partial charge in [0.05, 0.1) is 0 Å². The second-order valence-electron chi connectivity index (χ2n) is 7.17. The van der Waals surface area contributed by atoms with Crippen LogP contribution in [0, 0.1) is 0 Å². The molecule has 0 bridgehead atoms. The lowest BCUT2D eigenvalue weighted by Crippen LogP contribution is -2.43. The second-order valence-corrected chi connectivity index (χ2v) is 7.17. The second kappa shape index (κ2) is 4.12. The molecule has 20 heavy (non-hydrogen) atoms. The molecule has 0 saturated heterocycles. The average molecular weight is 265 g/mol. The van der Waals surface area contributed by atoms with Crippen LogP contribution in [0.4, 0.5) is 11.4 Å². The maximum Gasteiger partial charge on any atom is 0.0457 e. The summed E-state index contributed by atoms with van der Waals surface area (Å²) in [7, 11) is 0. The topological polar surface area (TPSA) is 3.24 Å². The fourth-order valence-electron chi connectivity index (χ4n) is 3.39. The first kappa shape index (κ1) is 13.2. The van der Waals surface area contributed by atoms with Gasteiger partial charge in [-0.25, -0.2) is 0 Å². The predicted molar refractivity (Wildman–Crippen MR) is 86.9 cm³/mol. The van der Waals surface area contributed by atoms with Crippen molar-refractivity contribution in [2.75, 3.05) is 4.90 Å². The van der Waals surface area contributed by atoms with E-state index in [4.69, 9.17) is 0 Å². The van der Waals surface area contributed by atoms with Crippen LogP contribution in [0.2, 0.25) is 0 Å². The third kappa shape index (κ3) is 1.76. The Morgan fingerprint density at radius 1 is 0.750 bits per heavy atom. The number of anilines is 2. The van der Waals surface area contributed by atoms with E-state index in [9.17, 15) is 0 Å². The van der Waals surface area contributed by atoms with Crippen LogP contribution in [-0.4, -0.2) is 5.54 Å².